The van der Waals surface area contributed by atoms with Crippen molar-refractivity contribution in [2.75, 3.05) is 11.9 Å². The number of hydrogen-bond donors (Lipinski definition) is 3. The van der Waals surface area contributed by atoms with E-state index in [0.717, 1.165) is 28.5 Å². The summed E-state index contributed by atoms with van der Waals surface area (Å²) in [6.07, 6.45) is -0.507. The number of urea groups is 1. The predicted molar refractivity (Wildman–Crippen MR) is 96.9 cm³/mol. The van der Waals surface area contributed by atoms with Gasteiger partial charge < -0.3 is 15.7 Å². The fourth-order valence-electron chi connectivity index (χ4n) is 2.79. The van der Waals surface area contributed by atoms with Gasteiger partial charge in [-0.15, -0.1) is 0 Å². The van der Waals surface area contributed by atoms with E-state index in [4.69, 9.17) is 0 Å². The second-order valence-corrected chi connectivity index (χ2v) is 5.85. The molecule has 0 aliphatic heterocycles. The maximum absolute atomic E-state index is 13.5. The second kappa shape index (κ2) is 7.93. The van der Waals surface area contributed by atoms with E-state index in [1.165, 1.54) is 6.07 Å². The number of benzene rings is 3. The normalized spacial score (nSPS) is 12.0. The molecule has 0 aromatic heterocycles. The number of para-hydroxylation sites is 1. The van der Waals surface area contributed by atoms with Crippen molar-refractivity contribution in [2.24, 2.45) is 0 Å². The first-order valence-corrected chi connectivity index (χ1v) is 8.21. The molecule has 0 aliphatic rings. The van der Waals surface area contributed by atoms with Crippen LogP contribution in [0.5, 0.6) is 0 Å². The molecule has 0 fully saturated rings. The summed E-state index contributed by atoms with van der Waals surface area (Å²) >= 11 is 0. The number of hydrogen-bond acceptors (Lipinski definition) is 2. The summed E-state index contributed by atoms with van der Waals surface area (Å²) in [4.78, 5) is 11.8. The highest BCUT2D eigenvalue weighted by Crippen LogP contribution is 2.25. The van der Waals surface area contributed by atoms with Gasteiger partial charge in [0, 0.05) is 6.54 Å². The number of nitrogens with one attached hydrogen (secondary N) is 2. The molecule has 134 valence electrons. The van der Waals surface area contributed by atoms with Crippen molar-refractivity contribution in [3.63, 3.8) is 0 Å². The van der Waals surface area contributed by atoms with Crippen LogP contribution in [-0.4, -0.2) is 17.7 Å². The van der Waals surface area contributed by atoms with Crippen molar-refractivity contribution in [3.8, 4) is 0 Å². The summed E-state index contributed by atoms with van der Waals surface area (Å²) in [5.41, 5.74) is 0.269. The molecule has 3 N–H and O–H groups in total. The van der Waals surface area contributed by atoms with Crippen LogP contribution in [0.15, 0.2) is 60.7 Å². The Morgan fingerprint density at radius 2 is 1.62 bits per heavy atom. The number of amides is 2. The second-order valence-electron chi connectivity index (χ2n) is 5.85. The summed E-state index contributed by atoms with van der Waals surface area (Å²) < 4.78 is 27.0. The van der Waals surface area contributed by atoms with Crippen LogP contribution in [-0.2, 0) is 0 Å². The molecule has 0 heterocycles. The molecule has 4 nitrogen and oxygen atoms in total. The molecule has 3 aromatic carbocycles. The summed E-state index contributed by atoms with van der Waals surface area (Å²) in [5, 5.41) is 17.0. The predicted octanol–water partition coefficient (Wildman–Crippen LogP) is 4.36. The van der Waals surface area contributed by atoms with Crippen LogP contribution in [0.2, 0.25) is 0 Å². The quantitative estimate of drug-likeness (QED) is 0.636. The molecule has 3 aromatic rings. The topological polar surface area (TPSA) is 61.4 Å². The van der Waals surface area contributed by atoms with Crippen LogP contribution in [0, 0.1) is 11.6 Å². The third-order valence-electron chi connectivity index (χ3n) is 4.09. The van der Waals surface area contributed by atoms with Gasteiger partial charge in [-0.25, -0.2) is 13.6 Å². The number of fused-ring (bicyclic) bond motifs is 1. The molecule has 1 atom stereocenters. The average Bonchev–Trinajstić information content (AvgIpc) is 2.64. The van der Waals surface area contributed by atoms with Crippen LogP contribution in [0.1, 0.15) is 18.1 Å². The van der Waals surface area contributed by atoms with Crippen LogP contribution in [0.3, 0.4) is 0 Å². The van der Waals surface area contributed by atoms with E-state index in [2.05, 4.69) is 10.6 Å². The fourth-order valence-corrected chi connectivity index (χ4v) is 2.79. The van der Waals surface area contributed by atoms with Gasteiger partial charge >= 0.3 is 6.03 Å². The number of aliphatic hydroxyl groups excluding tert-OH is 1. The van der Waals surface area contributed by atoms with Crippen LogP contribution >= 0.6 is 0 Å². The van der Waals surface area contributed by atoms with Gasteiger partial charge in [0.2, 0.25) is 0 Å². The van der Waals surface area contributed by atoms with E-state index in [-0.39, 0.29) is 13.0 Å². The van der Waals surface area contributed by atoms with Crippen molar-refractivity contribution in [1.82, 2.24) is 5.32 Å². The Bertz CT molecular complexity index is 905. The maximum Gasteiger partial charge on any atom is 0.319 e. The van der Waals surface area contributed by atoms with Gasteiger partial charge in [-0.3, -0.25) is 0 Å². The molecule has 0 radical (unpaired) electrons. The Balaban J connectivity index is 1.58. The Kier molecular flexibility index (Phi) is 5.43. The zero-order valence-corrected chi connectivity index (χ0v) is 13.9. The molecule has 26 heavy (non-hydrogen) atoms. The first-order valence-electron chi connectivity index (χ1n) is 8.21. The van der Waals surface area contributed by atoms with E-state index in [1.807, 2.05) is 42.5 Å². The lowest BCUT2D eigenvalue weighted by Gasteiger charge is -2.15. The van der Waals surface area contributed by atoms with Crippen molar-refractivity contribution in [1.29, 1.82) is 0 Å². The lowest BCUT2D eigenvalue weighted by atomic mass is 9.99. The molecule has 0 bridgehead atoms. The van der Waals surface area contributed by atoms with E-state index >= 15 is 0 Å². The Morgan fingerprint density at radius 1 is 0.962 bits per heavy atom. The van der Waals surface area contributed by atoms with Crippen molar-refractivity contribution in [2.45, 2.75) is 12.5 Å². The number of halogens is 2. The van der Waals surface area contributed by atoms with Crippen LogP contribution in [0.4, 0.5) is 19.3 Å². The lowest BCUT2D eigenvalue weighted by molar-refractivity contribution is 0.169. The first-order chi connectivity index (χ1) is 12.6. The molecular weight excluding hydrogens is 338 g/mol. The summed E-state index contributed by atoms with van der Waals surface area (Å²) in [5.74, 6) is -1.70. The molecule has 0 saturated heterocycles. The fraction of sp³-hybridized carbons (Fsp3) is 0.150. The lowest BCUT2D eigenvalue weighted by Crippen LogP contribution is -2.31. The van der Waals surface area contributed by atoms with E-state index < -0.39 is 29.5 Å². The average molecular weight is 356 g/mol. The van der Waals surface area contributed by atoms with Gasteiger partial charge in [0.1, 0.15) is 17.3 Å². The van der Waals surface area contributed by atoms with Gasteiger partial charge in [0.25, 0.3) is 0 Å². The number of carbonyl (C=O) groups excluding carboxylic acids is 1. The Morgan fingerprint density at radius 3 is 2.38 bits per heavy atom. The van der Waals surface area contributed by atoms with Gasteiger partial charge in [-0.2, -0.15) is 0 Å². The van der Waals surface area contributed by atoms with Crippen molar-refractivity contribution >= 4 is 22.5 Å². The number of rotatable bonds is 5. The highest BCUT2D eigenvalue weighted by atomic mass is 19.1. The number of carbonyl (C=O) groups is 1. The molecule has 0 saturated carbocycles. The monoisotopic (exact) mass is 356 g/mol. The summed E-state index contributed by atoms with van der Waals surface area (Å²) in [6.45, 7) is 0.145. The molecule has 0 unspecified atom stereocenters. The number of aliphatic hydroxyl groups is 1. The molecular formula is C20H18F2N2O2. The largest absolute Gasteiger partial charge is 0.388 e. The van der Waals surface area contributed by atoms with Crippen LogP contribution < -0.4 is 10.6 Å². The molecule has 0 spiro atoms. The maximum atomic E-state index is 13.5. The third kappa shape index (κ3) is 3.97. The minimum absolute atomic E-state index is 0.145. The minimum atomic E-state index is -0.851. The highest BCUT2D eigenvalue weighted by molar-refractivity contribution is 5.89. The van der Waals surface area contributed by atoms with Gasteiger partial charge in [-0.05, 0) is 34.9 Å². The molecule has 6 heteroatoms. The third-order valence-corrected chi connectivity index (χ3v) is 4.09. The van der Waals surface area contributed by atoms with Crippen molar-refractivity contribution < 1.29 is 18.7 Å². The molecule has 2 amide bonds. The van der Waals surface area contributed by atoms with E-state index in [0.29, 0.717) is 0 Å². The SMILES string of the molecule is O=C(NCC[C@H](O)c1cccc2ccccc12)Nc1c(F)cccc1F. The van der Waals surface area contributed by atoms with Crippen molar-refractivity contribution in [3.05, 3.63) is 77.9 Å². The summed E-state index contributed by atoms with van der Waals surface area (Å²) in [6, 6.07) is 16.0. The number of anilines is 1. The van der Waals surface area contributed by atoms with Gasteiger partial charge in [0.05, 0.1) is 6.10 Å². The minimum Gasteiger partial charge on any atom is -0.388 e. The summed E-state index contributed by atoms with van der Waals surface area (Å²) in [7, 11) is 0. The zero-order valence-electron chi connectivity index (χ0n) is 13.9. The van der Waals surface area contributed by atoms with E-state index in [1.54, 1.807) is 0 Å². The Labute approximate surface area is 149 Å². The van der Waals surface area contributed by atoms with Gasteiger partial charge in [-0.1, -0.05) is 48.5 Å². The Hall–Kier alpha value is -2.99. The first kappa shape index (κ1) is 17.8. The smallest absolute Gasteiger partial charge is 0.319 e. The van der Waals surface area contributed by atoms with E-state index in [9.17, 15) is 18.7 Å². The standard InChI is InChI=1S/C20H18F2N2O2/c21-16-9-4-10-17(22)19(16)24-20(26)23-12-11-18(25)15-8-3-6-13-5-1-2-7-14(13)15/h1-10,18,25H,11-12H2,(H2,23,24,26)/t18-/m0/s1. The van der Waals surface area contributed by atoms with Crippen LogP contribution in [0.25, 0.3) is 10.8 Å². The highest BCUT2D eigenvalue weighted by Gasteiger charge is 2.13. The zero-order chi connectivity index (χ0) is 18.5. The molecule has 3 rings (SSSR count). The van der Waals surface area contributed by atoms with Gasteiger partial charge in [0.15, 0.2) is 0 Å². The molecule has 0 aliphatic carbocycles.